The van der Waals surface area contributed by atoms with Crippen molar-refractivity contribution in [2.75, 3.05) is 14.2 Å². The Labute approximate surface area is 104 Å². The Hall–Kier alpha value is -1.23. The zero-order chi connectivity index (χ0) is 13.1. The molecule has 0 spiro atoms. The van der Waals surface area contributed by atoms with Crippen LogP contribution >= 0.6 is 11.8 Å². The number of rotatable bonds is 4. The van der Waals surface area contributed by atoms with Crippen LogP contribution in [-0.2, 0) is 9.53 Å². The summed E-state index contributed by atoms with van der Waals surface area (Å²) in [5.41, 5.74) is 0. The summed E-state index contributed by atoms with van der Waals surface area (Å²) < 4.78 is 22.2. The lowest BCUT2D eigenvalue weighted by Gasteiger charge is -2.21. The highest BCUT2D eigenvalue weighted by molar-refractivity contribution is 8.01. The van der Waals surface area contributed by atoms with Crippen LogP contribution in [0.25, 0.3) is 0 Å². The van der Waals surface area contributed by atoms with Crippen LogP contribution in [-0.4, -0.2) is 24.9 Å². The average molecular weight is 258 g/mol. The summed E-state index contributed by atoms with van der Waals surface area (Å²) in [5.74, 6) is -0.198. The van der Waals surface area contributed by atoms with Gasteiger partial charge < -0.3 is 9.47 Å². The van der Waals surface area contributed by atoms with Crippen molar-refractivity contribution in [2.24, 2.45) is 0 Å². The zero-order valence-electron chi connectivity index (χ0n) is 10.2. The second-order valence-corrected chi connectivity index (χ2v) is 5.56. The lowest BCUT2D eigenvalue weighted by molar-refractivity contribution is -0.142. The molecule has 5 heteroatoms. The van der Waals surface area contributed by atoms with E-state index in [2.05, 4.69) is 0 Å². The van der Waals surface area contributed by atoms with Gasteiger partial charge in [-0.25, -0.2) is 4.39 Å². The fraction of sp³-hybridized carbons (Fsp3) is 0.417. The van der Waals surface area contributed by atoms with Crippen LogP contribution in [0.2, 0.25) is 0 Å². The number of methoxy groups -OCH3 is 2. The van der Waals surface area contributed by atoms with Gasteiger partial charge in [-0.05, 0) is 32.0 Å². The van der Waals surface area contributed by atoms with Crippen LogP contribution in [0.15, 0.2) is 23.1 Å². The lowest BCUT2D eigenvalue weighted by Crippen LogP contribution is -2.28. The predicted molar refractivity (Wildman–Crippen MR) is 64.9 cm³/mol. The maximum Gasteiger partial charge on any atom is 0.321 e. The first-order valence-corrected chi connectivity index (χ1v) is 5.83. The molecule has 0 atom stereocenters. The minimum Gasteiger partial charge on any atom is -0.496 e. The van der Waals surface area contributed by atoms with Gasteiger partial charge in [-0.1, -0.05) is 0 Å². The van der Waals surface area contributed by atoms with E-state index in [1.165, 1.54) is 44.2 Å². The lowest BCUT2D eigenvalue weighted by atomic mass is 10.2. The molecule has 3 nitrogen and oxygen atoms in total. The number of ether oxygens (including phenoxy) is 2. The Morgan fingerprint density at radius 2 is 2.00 bits per heavy atom. The van der Waals surface area contributed by atoms with Crippen molar-refractivity contribution in [3.63, 3.8) is 0 Å². The third-order valence-corrected chi connectivity index (χ3v) is 3.38. The maximum atomic E-state index is 13.2. The monoisotopic (exact) mass is 258 g/mol. The molecule has 1 aromatic carbocycles. The van der Waals surface area contributed by atoms with E-state index in [1.807, 2.05) is 0 Å². The van der Waals surface area contributed by atoms with Crippen LogP contribution in [0.5, 0.6) is 5.75 Å². The van der Waals surface area contributed by atoms with Gasteiger partial charge in [-0.15, -0.1) is 11.8 Å². The molecule has 0 radical (unpaired) electrons. The highest BCUT2D eigenvalue weighted by Crippen LogP contribution is 2.39. The van der Waals surface area contributed by atoms with Gasteiger partial charge in [0.05, 0.1) is 19.1 Å². The highest BCUT2D eigenvalue weighted by Gasteiger charge is 2.31. The zero-order valence-corrected chi connectivity index (χ0v) is 11.1. The minimum atomic E-state index is -0.796. The van der Waals surface area contributed by atoms with Crippen molar-refractivity contribution in [3.8, 4) is 5.75 Å². The molecule has 0 amide bonds. The van der Waals surface area contributed by atoms with Crippen LogP contribution in [0.3, 0.4) is 0 Å². The van der Waals surface area contributed by atoms with Crippen molar-refractivity contribution >= 4 is 17.7 Å². The van der Waals surface area contributed by atoms with Crippen LogP contribution in [0.1, 0.15) is 13.8 Å². The molecule has 1 rings (SSSR count). The fourth-order valence-electron chi connectivity index (χ4n) is 1.29. The van der Waals surface area contributed by atoms with E-state index in [0.29, 0.717) is 10.6 Å². The van der Waals surface area contributed by atoms with Crippen molar-refractivity contribution < 1.29 is 18.7 Å². The van der Waals surface area contributed by atoms with Gasteiger partial charge in [0.2, 0.25) is 0 Å². The maximum absolute atomic E-state index is 13.2. The largest absolute Gasteiger partial charge is 0.496 e. The molecule has 0 aliphatic rings. The third kappa shape index (κ3) is 3.36. The van der Waals surface area contributed by atoms with Crippen molar-refractivity contribution in [1.82, 2.24) is 0 Å². The average Bonchev–Trinajstić information content (AvgIpc) is 2.27. The van der Waals surface area contributed by atoms with Crippen molar-refractivity contribution in [1.29, 1.82) is 0 Å². The predicted octanol–water partition coefficient (Wildman–Crippen LogP) is 2.88. The number of hydrogen-bond donors (Lipinski definition) is 0. The first-order valence-electron chi connectivity index (χ1n) is 5.01. The molecule has 0 bridgehead atoms. The standard InChI is InChI=1S/C12H15FO3S/c1-12(2,11(14)16-4)17-10-7-8(13)5-6-9(10)15-3/h5-7H,1-4H3. The summed E-state index contributed by atoms with van der Waals surface area (Å²) in [5, 5.41) is 0. The summed E-state index contributed by atoms with van der Waals surface area (Å²) in [7, 11) is 2.83. The number of carbonyl (C=O) groups is 1. The molecular formula is C12H15FO3S. The van der Waals surface area contributed by atoms with E-state index in [-0.39, 0.29) is 11.8 Å². The minimum absolute atomic E-state index is 0.367. The first kappa shape index (κ1) is 13.8. The molecule has 17 heavy (non-hydrogen) atoms. The number of halogens is 1. The van der Waals surface area contributed by atoms with Crippen LogP contribution < -0.4 is 4.74 Å². The van der Waals surface area contributed by atoms with E-state index in [9.17, 15) is 9.18 Å². The molecule has 0 aliphatic carbocycles. The Balaban J connectivity index is 3.01. The number of esters is 1. The van der Waals surface area contributed by atoms with Gasteiger partial charge in [0.15, 0.2) is 0 Å². The number of thioether (sulfide) groups is 1. The molecule has 0 aromatic heterocycles. The van der Waals surface area contributed by atoms with Crippen LogP contribution in [0, 0.1) is 5.82 Å². The number of hydrogen-bond acceptors (Lipinski definition) is 4. The van der Waals surface area contributed by atoms with Crippen LogP contribution in [0.4, 0.5) is 4.39 Å². The first-order chi connectivity index (χ1) is 7.90. The van der Waals surface area contributed by atoms with Crippen molar-refractivity contribution in [2.45, 2.75) is 23.5 Å². The van der Waals surface area contributed by atoms with E-state index >= 15 is 0 Å². The molecule has 0 saturated heterocycles. The second kappa shape index (κ2) is 5.40. The summed E-state index contributed by atoms with van der Waals surface area (Å²) in [4.78, 5) is 12.1. The fourth-order valence-corrected chi connectivity index (χ4v) is 2.43. The SMILES string of the molecule is COC(=O)C(C)(C)Sc1cc(F)ccc1OC. The van der Waals surface area contributed by atoms with Gasteiger partial charge in [0.25, 0.3) is 0 Å². The Kier molecular flexibility index (Phi) is 4.40. The van der Waals surface area contributed by atoms with Crippen molar-refractivity contribution in [3.05, 3.63) is 24.0 Å². The molecule has 0 N–H and O–H groups in total. The summed E-state index contributed by atoms with van der Waals surface area (Å²) in [6, 6.07) is 4.19. The van der Waals surface area contributed by atoms with Gasteiger partial charge in [-0.2, -0.15) is 0 Å². The topological polar surface area (TPSA) is 35.5 Å². The molecule has 0 fully saturated rings. The summed E-state index contributed by atoms with van der Waals surface area (Å²) >= 11 is 1.20. The van der Waals surface area contributed by atoms with E-state index in [4.69, 9.17) is 9.47 Å². The van der Waals surface area contributed by atoms with Gasteiger partial charge in [0.1, 0.15) is 16.3 Å². The summed E-state index contributed by atoms with van der Waals surface area (Å²) in [6.45, 7) is 3.43. The van der Waals surface area contributed by atoms with E-state index in [1.54, 1.807) is 13.8 Å². The quantitative estimate of drug-likeness (QED) is 0.614. The molecule has 0 heterocycles. The molecule has 94 valence electrons. The number of benzene rings is 1. The smallest absolute Gasteiger partial charge is 0.321 e. The molecular weight excluding hydrogens is 243 g/mol. The summed E-state index contributed by atoms with van der Waals surface area (Å²) in [6.07, 6.45) is 0. The molecule has 1 aromatic rings. The number of carbonyl (C=O) groups excluding carboxylic acids is 1. The molecule has 0 saturated carbocycles. The van der Waals surface area contributed by atoms with E-state index < -0.39 is 4.75 Å². The molecule has 0 aliphatic heterocycles. The normalized spacial score (nSPS) is 11.1. The van der Waals surface area contributed by atoms with Gasteiger partial charge in [-0.3, -0.25) is 4.79 Å². The second-order valence-electron chi connectivity index (χ2n) is 3.90. The van der Waals surface area contributed by atoms with E-state index in [0.717, 1.165) is 0 Å². The van der Waals surface area contributed by atoms with Gasteiger partial charge >= 0.3 is 5.97 Å². The Morgan fingerprint density at radius 3 is 2.53 bits per heavy atom. The Morgan fingerprint density at radius 1 is 1.35 bits per heavy atom. The third-order valence-electron chi connectivity index (χ3n) is 2.17. The van der Waals surface area contributed by atoms with Gasteiger partial charge in [0, 0.05) is 0 Å². The molecule has 0 unspecified atom stereocenters. The Bertz CT molecular complexity index is 418. The highest BCUT2D eigenvalue weighted by atomic mass is 32.2.